The smallest absolute Gasteiger partial charge is 0.174 e. The van der Waals surface area contributed by atoms with Gasteiger partial charge in [0.25, 0.3) is 0 Å². The Morgan fingerprint density at radius 1 is 1.16 bits per heavy atom. The fourth-order valence-corrected chi connectivity index (χ4v) is 2.33. The molecule has 2 N–H and O–H groups in total. The molecule has 0 saturated carbocycles. The van der Waals surface area contributed by atoms with Gasteiger partial charge in [0.1, 0.15) is 5.69 Å². The standard InChI is InChI=1S/C13H17N5.ClH/c1-9-3-2-4-11(15-9)13-16-12(17-18-13)10-5-7-14-8-6-10;/h2-4,10,14H,5-8H2,1H3,(H,16,17,18);1H. The average Bonchev–Trinajstić information content (AvgIpc) is 2.89. The Labute approximate surface area is 118 Å². The van der Waals surface area contributed by atoms with Crippen LogP contribution in [0.1, 0.15) is 30.3 Å². The van der Waals surface area contributed by atoms with Crippen LogP contribution in [0.3, 0.4) is 0 Å². The van der Waals surface area contributed by atoms with Gasteiger partial charge in [-0.15, -0.1) is 12.4 Å². The van der Waals surface area contributed by atoms with Crippen LogP contribution in [0, 0.1) is 6.92 Å². The molecule has 0 atom stereocenters. The Morgan fingerprint density at radius 3 is 2.68 bits per heavy atom. The topological polar surface area (TPSA) is 66.5 Å². The third-order valence-electron chi connectivity index (χ3n) is 3.34. The molecule has 3 heterocycles. The highest BCUT2D eigenvalue weighted by molar-refractivity contribution is 5.85. The number of aromatic amines is 1. The molecule has 19 heavy (non-hydrogen) atoms. The number of hydrogen-bond donors (Lipinski definition) is 2. The highest BCUT2D eigenvalue weighted by Gasteiger charge is 2.19. The number of nitrogens with zero attached hydrogens (tertiary/aromatic N) is 3. The fourth-order valence-electron chi connectivity index (χ4n) is 2.33. The highest BCUT2D eigenvalue weighted by Crippen LogP contribution is 2.23. The van der Waals surface area contributed by atoms with Crippen molar-refractivity contribution in [3.8, 4) is 11.5 Å². The summed E-state index contributed by atoms with van der Waals surface area (Å²) in [5.74, 6) is 2.17. The average molecular weight is 280 g/mol. The molecule has 1 aliphatic rings. The number of rotatable bonds is 2. The third-order valence-corrected chi connectivity index (χ3v) is 3.34. The molecule has 0 aromatic carbocycles. The van der Waals surface area contributed by atoms with Crippen molar-refractivity contribution in [3.05, 3.63) is 29.7 Å². The van der Waals surface area contributed by atoms with Gasteiger partial charge in [-0.25, -0.2) is 9.97 Å². The summed E-state index contributed by atoms with van der Waals surface area (Å²) in [6, 6.07) is 5.93. The highest BCUT2D eigenvalue weighted by atomic mass is 35.5. The Kier molecular flexibility index (Phi) is 4.50. The maximum atomic E-state index is 4.59. The van der Waals surface area contributed by atoms with Crippen molar-refractivity contribution in [2.45, 2.75) is 25.7 Å². The monoisotopic (exact) mass is 279 g/mol. The predicted octanol–water partition coefficient (Wildman–Crippen LogP) is 2.06. The normalized spacial score (nSPS) is 16.1. The van der Waals surface area contributed by atoms with Crippen LogP contribution in [0.4, 0.5) is 0 Å². The first-order valence-corrected chi connectivity index (χ1v) is 6.40. The van der Waals surface area contributed by atoms with E-state index in [-0.39, 0.29) is 12.4 Å². The van der Waals surface area contributed by atoms with E-state index in [0.29, 0.717) is 5.92 Å². The van der Waals surface area contributed by atoms with E-state index in [1.54, 1.807) is 0 Å². The minimum absolute atomic E-state index is 0. The van der Waals surface area contributed by atoms with Crippen LogP contribution in [0.2, 0.25) is 0 Å². The van der Waals surface area contributed by atoms with E-state index in [9.17, 15) is 0 Å². The lowest BCUT2D eigenvalue weighted by atomic mass is 9.98. The summed E-state index contributed by atoms with van der Waals surface area (Å²) in [6.07, 6.45) is 2.22. The van der Waals surface area contributed by atoms with Gasteiger partial charge in [0.2, 0.25) is 0 Å². The molecule has 0 bridgehead atoms. The minimum Gasteiger partial charge on any atom is -0.317 e. The molecule has 6 heteroatoms. The number of nitrogens with one attached hydrogen (secondary N) is 2. The van der Waals surface area contributed by atoms with Crippen LogP contribution < -0.4 is 5.32 Å². The molecular formula is C13H18ClN5. The molecule has 0 radical (unpaired) electrons. The predicted molar refractivity (Wildman–Crippen MR) is 76.4 cm³/mol. The van der Waals surface area contributed by atoms with Gasteiger partial charge in [0.15, 0.2) is 11.6 Å². The second-order valence-corrected chi connectivity index (χ2v) is 4.73. The molecule has 0 amide bonds. The van der Waals surface area contributed by atoms with Gasteiger partial charge in [-0.3, -0.25) is 5.10 Å². The zero-order valence-corrected chi connectivity index (χ0v) is 11.7. The van der Waals surface area contributed by atoms with E-state index in [1.165, 1.54) is 0 Å². The van der Waals surface area contributed by atoms with E-state index in [4.69, 9.17) is 0 Å². The van der Waals surface area contributed by atoms with Gasteiger partial charge in [-0.1, -0.05) is 6.07 Å². The van der Waals surface area contributed by atoms with Crippen LogP contribution in [0.25, 0.3) is 11.5 Å². The van der Waals surface area contributed by atoms with Gasteiger partial charge < -0.3 is 5.32 Å². The van der Waals surface area contributed by atoms with Crippen molar-refractivity contribution in [2.24, 2.45) is 0 Å². The summed E-state index contributed by atoms with van der Waals surface area (Å²) in [7, 11) is 0. The largest absolute Gasteiger partial charge is 0.317 e. The molecule has 0 aliphatic carbocycles. The van der Waals surface area contributed by atoms with Crippen molar-refractivity contribution in [1.82, 2.24) is 25.5 Å². The Hall–Kier alpha value is -1.46. The van der Waals surface area contributed by atoms with Gasteiger partial charge >= 0.3 is 0 Å². The molecule has 0 unspecified atom stereocenters. The van der Waals surface area contributed by atoms with Gasteiger partial charge in [0, 0.05) is 11.6 Å². The van der Waals surface area contributed by atoms with Crippen molar-refractivity contribution in [2.75, 3.05) is 13.1 Å². The zero-order valence-electron chi connectivity index (χ0n) is 10.9. The first kappa shape index (κ1) is 14.0. The SMILES string of the molecule is Cc1cccc(-c2nc(C3CCNCC3)n[nH]2)n1.Cl. The summed E-state index contributed by atoms with van der Waals surface area (Å²) < 4.78 is 0. The Bertz CT molecular complexity index is 533. The Balaban J connectivity index is 0.00000133. The van der Waals surface area contributed by atoms with E-state index >= 15 is 0 Å². The van der Waals surface area contributed by atoms with E-state index in [2.05, 4.69) is 25.5 Å². The number of H-pyrrole nitrogens is 1. The second kappa shape index (κ2) is 6.12. The number of hydrogen-bond acceptors (Lipinski definition) is 4. The lowest BCUT2D eigenvalue weighted by Gasteiger charge is -2.19. The van der Waals surface area contributed by atoms with Crippen molar-refractivity contribution in [1.29, 1.82) is 0 Å². The van der Waals surface area contributed by atoms with Crippen molar-refractivity contribution >= 4 is 12.4 Å². The number of aromatic nitrogens is 4. The quantitative estimate of drug-likeness (QED) is 0.883. The number of aryl methyl sites for hydroxylation is 1. The Morgan fingerprint density at radius 2 is 1.95 bits per heavy atom. The van der Waals surface area contributed by atoms with Crippen molar-refractivity contribution < 1.29 is 0 Å². The molecule has 1 saturated heterocycles. The van der Waals surface area contributed by atoms with Crippen molar-refractivity contribution in [3.63, 3.8) is 0 Å². The zero-order chi connectivity index (χ0) is 12.4. The number of pyridine rings is 1. The summed E-state index contributed by atoms with van der Waals surface area (Å²) in [5.41, 5.74) is 1.86. The van der Waals surface area contributed by atoms with Crippen LogP contribution in [-0.4, -0.2) is 33.3 Å². The van der Waals surface area contributed by atoms with Crippen LogP contribution in [0.5, 0.6) is 0 Å². The lowest BCUT2D eigenvalue weighted by molar-refractivity contribution is 0.446. The van der Waals surface area contributed by atoms with Crippen LogP contribution in [-0.2, 0) is 0 Å². The summed E-state index contributed by atoms with van der Waals surface area (Å²) in [6.45, 7) is 4.09. The molecule has 5 nitrogen and oxygen atoms in total. The first-order chi connectivity index (χ1) is 8.83. The summed E-state index contributed by atoms with van der Waals surface area (Å²) >= 11 is 0. The van der Waals surface area contributed by atoms with Gasteiger partial charge in [-0.2, -0.15) is 5.10 Å². The molecule has 0 spiro atoms. The minimum atomic E-state index is 0. The van der Waals surface area contributed by atoms with Gasteiger partial charge in [-0.05, 0) is 45.0 Å². The first-order valence-electron chi connectivity index (χ1n) is 6.40. The molecule has 1 aliphatic heterocycles. The van der Waals surface area contributed by atoms with E-state index in [0.717, 1.165) is 49.0 Å². The molecule has 1 fully saturated rings. The molecule has 102 valence electrons. The summed E-state index contributed by atoms with van der Waals surface area (Å²) in [4.78, 5) is 9.04. The van der Waals surface area contributed by atoms with Crippen LogP contribution >= 0.6 is 12.4 Å². The summed E-state index contributed by atoms with van der Waals surface area (Å²) in [5, 5.41) is 10.7. The molecule has 3 rings (SSSR count). The van der Waals surface area contributed by atoms with E-state index in [1.807, 2.05) is 25.1 Å². The van der Waals surface area contributed by atoms with E-state index < -0.39 is 0 Å². The molecule has 2 aromatic rings. The maximum Gasteiger partial charge on any atom is 0.174 e. The van der Waals surface area contributed by atoms with Gasteiger partial charge in [0.05, 0.1) is 0 Å². The number of piperidine rings is 1. The lowest BCUT2D eigenvalue weighted by Crippen LogP contribution is -2.27. The van der Waals surface area contributed by atoms with Crippen LogP contribution in [0.15, 0.2) is 18.2 Å². The third kappa shape index (κ3) is 3.11. The fraction of sp³-hybridized carbons (Fsp3) is 0.462. The second-order valence-electron chi connectivity index (χ2n) is 4.73. The molecular weight excluding hydrogens is 262 g/mol. The molecule has 2 aromatic heterocycles. The maximum absolute atomic E-state index is 4.59. The number of halogens is 1.